The lowest BCUT2D eigenvalue weighted by Crippen LogP contribution is -2.41. The molecule has 3 heterocycles. The van der Waals surface area contributed by atoms with Gasteiger partial charge in [-0.3, -0.25) is 4.79 Å². The molecular weight excluding hydrogens is 258 g/mol. The van der Waals surface area contributed by atoms with Crippen LogP contribution in [0.2, 0.25) is 0 Å². The number of hydrogen-bond acceptors (Lipinski definition) is 3. The summed E-state index contributed by atoms with van der Waals surface area (Å²) in [4.78, 5) is 18.9. The Bertz CT molecular complexity index is 622. The molecule has 0 saturated carbocycles. The predicted octanol–water partition coefficient (Wildman–Crippen LogP) is 2.15. The van der Waals surface area contributed by atoms with E-state index in [-0.39, 0.29) is 5.91 Å². The van der Waals surface area contributed by atoms with Gasteiger partial charge in [-0.1, -0.05) is 6.92 Å². The first-order chi connectivity index (χ1) is 9.16. The quantitative estimate of drug-likeness (QED) is 0.800. The van der Waals surface area contributed by atoms with E-state index in [1.54, 1.807) is 6.20 Å². The highest BCUT2D eigenvalue weighted by atomic mass is 32.2. The standard InChI is InChI=1S/C14H17N3OS/c1-10-9-17(7-8-19-10)14(18)12-13-11(3-5-15-12)4-6-16(13)2/h3-6,10H,7-9H2,1-2H3. The molecule has 1 fully saturated rings. The normalized spacial score (nSPS) is 19.9. The van der Waals surface area contributed by atoms with Gasteiger partial charge in [0.2, 0.25) is 0 Å². The number of amides is 1. The summed E-state index contributed by atoms with van der Waals surface area (Å²) in [6, 6.07) is 3.96. The number of fused-ring (bicyclic) bond motifs is 1. The van der Waals surface area contributed by atoms with Gasteiger partial charge in [0.1, 0.15) is 0 Å². The van der Waals surface area contributed by atoms with Crippen LogP contribution >= 0.6 is 11.8 Å². The van der Waals surface area contributed by atoms with Gasteiger partial charge in [0.25, 0.3) is 5.91 Å². The molecule has 0 bridgehead atoms. The molecule has 0 N–H and O–H groups in total. The van der Waals surface area contributed by atoms with E-state index >= 15 is 0 Å². The van der Waals surface area contributed by atoms with Gasteiger partial charge in [-0.25, -0.2) is 4.98 Å². The number of aromatic nitrogens is 2. The lowest BCUT2D eigenvalue weighted by atomic mass is 10.2. The fourth-order valence-corrected chi connectivity index (χ4v) is 3.56. The second-order valence-electron chi connectivity index (χ2n) is 4.96. The first kappa shape index (κ1) is 12.5. The van der Waals surface area contributed by atoms with Crippen LogP contribution < -0.4 is 0 Å². The Morgan fingerprint density at radius 3 is 3.11 bits per heavy atom. The molecule has 0 aliphatic carbocycles. The second kappa shape index (κ2) is 4.89. The molecule has 3 rings (SSSR count). The Balaban J connectivity index is 1.99. The Kier molecular flexibility index (Phi) is 3.22. The zero-order valence-corrected chi connectivity index (χ0v) is 12.0. The summed E-state index contributed by atoms with van der Waals surface area (Å²) in [7, 11) is 1.95. The number of carbonyl (C=O) groups is 1. The highest BCUT2D eigenvalue weighted by molar-refractivity contribution is 7.99. The minimum atomic E-state index is 0.0551. The Morgan fingerprint density at radius 2 is 2.32 bits per heavy atom. The maximum Gasteiger partial charge on any atom is 0.274 e. The van der Waals surface area contributed by atoms with Gasteiger partial charge < -0.3 is 9.47 Å². The number of hydrogen-bond donors (Lipinski definition) is 0. The SMILES string of the molecule is CC1CN(C(=O)c2nccc3ccn(C)c23)CCS1. The Hall–Kier alpha value is -1.49. The summed E-state index contributed by atoms with van der Waals surface area (Å²) >= 11 is 1.92. The summed E-state index contributed by atoms with van der Waals surface area (Å²) < 4.78 is 1.97. The van der Waals surface area contributed by atoms with Crippen LogP contribution in [0, 0.1) is 0 Å². The molecule has 100 valence electrons. The van der Waals surface area contributed by atoms with E-state index in [2.05, 4.69) is 11.9 Å². The van der Waals surface area contributed by atoms with Crippen LogP contribution in [0.5, 0.6) is 0 Å². The van der Waals surface area contributed by atoms with E-state index in [4.69, 9.17) is 0 Å². The fraction of sp³-hybridized carbons (Fsp3) is 0.429. The Labute approximate surface area is 116 Å². The summed E-state index contributed by atoms with van der Waals surface area (Å²) in [6.45, 7) is 3.79. The fourth-order valence-electron chi connectivity index (χ4n) is 2.55. The van der Waals surface area contributed by atoms with Crippen LogP contribution in [0.3, 0.4) is 0 Å². The van der Waals surface area contributed by atoms with Crippen molar-refractivity contribution in [3.63, 3.8) is 0 Å². The van der Waals surface area contributed by atoms with Gasteiger partial charge in [0, 0.05) is 48.9 Å². The molecule has 1 amide bonds. The van der Waals surface area contributed by atoms with E-state index in [1.807, 2.05) is 46.6 Å². The molecule has 2 aromatic heterocycles. The molecule has 0 radical (unpaired) electrons. The summed E-state index contributed by atoms with van der Waals surface area (Å²) in [5.74, 6) is 1.07. The Morgan fingerprint density at radius 1 is 1.47 bits per heavy atom. The highest BCUT2D eigenvalue weighted by Gasteiger charge is 2.25. The molecule has 1 atom stereocenters. The number of rotatable bonds is 1. The summed E-state index contributed by atoms with van der Waals surface area (Å²) in [5, 5.41) is 1.57. The third-order valence-electron chi connectivity index (χ3n) is 3.52. The minimum Gasteiger partial charge on any atom is -0.349 e. The molecule has 1 aliphatic heterocycles. The van der Waals surface area contributed by atoms with Crippen molar-refractivity contribution in [1.29, 1.82) is 0 Å². The molecule has 2 aromatic rings. The zero-order valence-electron chi connectivity index (χ0n) is 11.2. The molecule has 0 spiro atoms. The van der Waals surface area contributed by atoms with Crippen LogP contribution in [0.25, 0.3) is 10.9 Å². The van der Waals surface area contributed by atoms with Crippen molar-refractivity contribution in [2.45, 2.75) is 12.2 Å². The topological polar surface area (TPSA) is 38.1 Å². The molecule has 19 heavy (non-hydrogen) atoms. The van der Waals surface area contributed by atoms with Crippen molar-refractivity contribution in [3.8, 4) is 0 Å². The van der Waals surface area contributed by atoms with Crippen LogP contribution in [0.1, 0.15) is 17.4 Å². The lowest BCUT2D eigenvalue weighted by molar-refractivity contribution is 0.0759. The average molecular weight is 275 g/mol. The van der Waals surface area contributed by atoms with Crippen molar-refractivity contribution in [3.05, 3.63) is 30.2 Å². The van der Waals surface area contributed by atoms with Gasteiger partial charge >= 0.3 is 0 Å². The van der Waals surface area contributed by atoms with Gasteiger partial charge in [-0.05, 0) is 12.1 Å². The average Bonchev–Trinajstić information content (AvgIpc) is 2.80. The molecule has 1 aliphatic rings. The van der Waals surface area contributed by atoms with Crippen molar-refractivity contribution < 1.29 is 4.79 Å². The number of aryl methyl sites for hydroxylation is 1. The maximum absolute atomic E-state index is 12.7. The maximum atomic E-state index is 12.7. The predicted molar refractivity (Wildman–Crippen MR) is 78.5 cm³/mol. The minimum absolute atomic E-state index is 0.0551. The number of pyridine rings is 1. The monoisotopic (exact) mass is 275 g/mol. The zero-order chi connectivity index (χ0) is 13.4. The van der Waals surface area contributed by atoms with Gasteiger partial charge in [0.15, 0.2) is 5.69 Å². The van der Waals surface area contributed by atoms with E-state index in [0.717, 1.165) is 29.7 Å². The van der Waals surface area contributed by atoms with E-state index in [1.165, 1.54) is 0 Å². The smallest absolute Gasteiger partial charge is 0.274 e. The van der Waals surface area contributed by atoms with Gasteiger partial charge in [0.05, 0.1) is 5.52 Å². The van der Waals surface area contributed by atoms with Crippen molar-refractivity contribution >= 4 is 28.6 Å². The number of carbonyl (C=O) groups excluding carboxylic acids is 1. The third-order valence-corrected chi connectivity index (χ3v) is 4.65. The largest absolute Gasteiger partial charge is 0.349 e. The molecule has 0 aromatic carbocycles. The molecule has 4 nitrogen and oxygen atoms in total. The van der Waals surface area contributed by atoms with Crippen LogP contribution in [0.15, 0.2) is 24.5 Å². The van der Waals surface area contributed by atoms with E-state index in [0.29, 0.717) is 10.9 Å². The van der Waals surface area contributed by atoms with Crippen LogP contribution in [0.4, 0.5) is 0 Å². The van der Waals surface area contributed by atoms with E-state index < -0.39 is 0 Å². The lowest BCUT2D eigenvalue weighted by Gasteiger charge is -2.30. The van der Waals surface area contributed by atoms with Crippen molar-refractivity contribution in [2.24, 2.45) is 7.05 Å². The highest BCUT2D eigenvalue weighted by Crippen LogP contribution is 2.22. The third kappa shape index (κ3) is 2.23. The second-order valence-corrected chi connectivity index (χ2v) is 6.50. The van der Waals surface area contributed by atoms with Crippen molar-refractivity contribution in [1.82, 2.24) is 14.5 Å². The summed E-state index contributed by atoms with van der Waals surface area (Å²) in [5.41, 5.74) is 1.50. The first-order valence-electron chi connectivity index (χ1n) is 6.48. The van der Waals surface area contributed by atoms with Gasteiger partial charge in [-0.15, -0.1) is 0 Å². The van der Waals surface area contributed by atoms with Crippen molar-refractivity contribution in [2.75, 3.05) is 18.8 Å². The molecule has 1 saturated heterocycles. The first-order valence-corrected chi connectivity index (χ1v) is 7.52. The van der Waals surface area contributed by atoms with Crippen LogP contribution in [-0.4, -0.2) is 44.5 Å². The molecular formula is C14H17N3OS. The van der Waals surface area contributed by atoms with E-state index in [9.17, 15) is 4.79 Å². The summed E-state index contributed by atoms with van der Waals surface area (Å²) in [6.07, 6.45) is 3.69. The number of nitrogens with zero attached hydrogens (tertiary/aromatic N) is 3. The van der Waals surface area contributed by atoms with Crippen LogP contribution in [-0.2, 0) is 7.05 Å². The number of thioether (sulfide) groups is 1. The molecule has 1 unspecified atom stereocenters. The molecule has 5 heteroatoms. The van der Waals surface area contributed by atoms with Gasteiger partial charge in [-0.2, -0.15) is 11.8 Å².